The third-order valence-corrected chi connectivity index (χ3v) is 5.21. The van der Waals surface area contributed by atoms with Crippen LogP contribution >= 0.6 is 0 Å². The predicted molar refractivity (Wildman–Crippen MR) is 122 cm³/mol. The number of hydrogen-bond acceptors (Lipinski definition) is 7. The lowest BCUT2D eigenvalue weighted by atomic mass is 10.0. The number of rotatable bonds is 6. The van der Waals surface area contributed by atoms with Crippen LogP contribution in [0.4, 0.5) is 4.79 Å². The fourth-order valence-corrected chi connectivity index (χ4v) is 3.68. The Kier molecular flexibility index (Phi) is 6.39. The van der Waals surface area contributed by atoms with Gasteiger partial charge in [0.05, 0.1) is 35.0 Å². The van der Waals surface area contributed by atoms with Crippen LogP contribution in [0.25, 0.3) is 16.5 Å². The number of aromatic nitrogens is 2. The van der Waals surface area contributed by atoms with Gasteiger partial charge in [-0.3, -0.25) is 4.79 Å². The molecule has 1 atom stereocenters. The molecule has 3 aromatic rings. The van der Waals surface area contributed by atoms with E-state index in [4.69, 9.17) is 9.47 Å². The lowest BCUT2D eigenvalue weighted by Crippen LogP contribution is -2.50. The average molecular weight is 462 g/mol. The van der Waals surface area contributed by atoms with Gasteiger partial charge in [-0.25, -0.2) is 14.4 Å². The van der Waals surface area contributed by atoms with Crippen molar-refractivity contribution in [1.29, 1.82) is 0 Å². The van der Waals surface area contributed by atoms with Crippen LogP contribution in [0, 0.1) is 0 Å². The molecule has 1 aliphatic heterocycles. The fraction of sp³-hybridized carbons (Fsp3) is 0.208. The van der Waals surface area contributed by atoms with Crippen molar-refractivity contribution in [1.82, 2.24) is 20.4 Å². The summed E-state index contributed by atoms with van der Waals surface area (Å²) in [6.45, 7) is 3.03. The molecule has 174 valence electrons. The number of carbonyl (C=O) groups is 3. The maximum absolute atomic E-state index is 13.1. The number of para-hydroxylation sites is 1. The first-order valence-electron chi connectivity index (χ1n) is 10.6. The van der Waals surface area contributed by atoms with Crippen LogP contribution in [0.2, 0.25) is 0 Å². The maximum atomic E-state index is 13.1. The molecule has 10 nitrogen and oxygen atoms in total. The molecule has 0 fully saturated rings. The monoisotopic (exact) mass is 462 g/mol. The topological polar surface area (TPSA) is 129 Å². The molecule has 0 saturated carbocycles. The van der Waals surface area contributed by atoms with Gasteiger partial charge in [0.25, 0.3) is 5.56 Å². The molecule has 2 N–H and O–H groups in total. The highest BCUT2D eigenvalue weighted by Gasteiger charge is 2.30. The molecular weight excluding hydrogens is 440 g/mol. The Bertz CT molecular complexity index is 1360. The van der Waals surface area contributed by atoms with Crippen molar-refractivity contribution in [2.24, 2.45) is 0 Å². The minimum absolute atomic E-state index is 0.0781. The Morgan fingerprint density at radius 2 is 1.65 bits per heavy atom. The van der Waals surface area contributed by atoms with Crippen LogP contribution < -0.4 is 16.2 Å². The minimum Gasteiger partial charge on any atom is -0.463 e. The van der Waals surface area contributed by atoms with Gasteiger partial charge in [-0.05, 0) is 32.0 Å². The maximum Gasteiger partial charge on any atom is 0.359 e. The molecular formula is C24H22N4O6. The van der Waals surface area contributed by atoms with Gasteiger partial charge in [0.1, 0.15) is 6.61 Å². The van der Waals surface area contributed by atoms with E-state index in [1.54, 1.807) is 68.4 Å². The van der Waals surface area contributed by atoms with E-state index in [1.165, 1.54) is 0 Å². The van der Waals surface area contributed by atoms with Crippen LogP contribution in [0.1, 0.15) is 24.3 Å². The Balaban J connectivity index is 1.71. The van der Waals surface area contributed by atoms with E-state index < -0.39 is 30.6 Å². The van der Waals surface area contributed by atoms with Crippen LogP contribution in [-0.4, -0.2) is 47.0 Å². The lowest BCUT2D eigenvalue weighted by molar-refractivity contribution is -0.139. The molecule has 1 aromatic heterocycles. The molecule has 0 spiro atoms. The second-order valence-corrected chi connectivity index (χ2v) is 7.46. The fourth-order valence-electron chi connectivity index (χ4n) is 3.68. The van der Waals surface area contributed by atoms with Crippen LogP contribution in [0.3, 0.4) is 0 Å². The van der Waals surface area contributed by atoms with Gasteiger partial charge in [-0.2, -0.15) is 9.78 Å². The summed E-state index contributed by atoms with van der Waals surface area (Å²) in [7, 11) is 0. The average Bonchev–Trinajstić information content (AvgIpc) is 2.83. The molecule has 0 bridgehead atoms. The van der Waals surface area contributed by atoms with Gasteiger partial charge in [0, 0.05) is 5.39 Å². The van der Waals surface area contributed by atoms with Gasteiger partial charge in [-0.1, -0.05) is 36.4 Å². The zero-order valence-corrected chi connectivity index (χ0v) is 18.5. The molecule has 2 amide bonds. The van der Waals surface area contributed by atoms with Gasteiger partial charge < -0.3 is 20.1 Å². The van der Waals surface area contributed by atoms with Crippen molar-refractivity contribution < 1.29 is 23.9 Å². The number of fused-ring (bicyclic) bond motifs is 1. The number of ether oxygens (including phenoxy) is 2. The van der Waals surface area contributed by atoms with Crippen molar-refractivity contribution in [3.63, 3.8) is 0 Å². The van der Waals surface area contributed by atoms with E-state index in [0.717, 1.165) is 4.68 Å². The van der Waals surface area contributed by atoms with Crippen LogP contribution in [0.5, 0.6) is 0 Å². The van der Waals surface area contributed by atoms with E-state index in [0.29, 0.717) is 16.5 Å². The standard InChI is InChI=1S/C24H22N4O6/c1-3-33-22(30)19-14(2)25-24(32)26-18(19)13-34-23(31)20-16-11-7-8-12-17(16)21(29)28(27-20)15-9-5-4-6-10-15/h4-12,14H,3,13H2,1-2H3,(H2,25,26,32). The SMILES string of the molecule is CCOC(=O)C1=C(COC(=O)c2nn(-c3ccccc3)c(=O)c3ccccc23)NC(=O)NC1C. The number of amides is 2. The molecule has 2 heterocycles. The molecule has 2 aromatic carbocycles. The number of carbonyl (C=O) groups excluding carboxylic acids is 3. The number of hydrogen-bond donors (Lipinski definition) is 2. The third kappa shape index (κ3) is 4.38. The van der Waals surface area contributed by atoms with E-state index in [2.05, 4.69) is 15.7 Å². The minimum atomic E-state index is -0.822. The Morgan fingerprint density at radius 3 is 2.35 bits per heavy atom. The van der Waals surface area contributed by atoms with Gasteiger partial charge in [0.15, 0.2) is 5.69 Å². The zero-order chi connectivity index (χ0) is 24.2. The second-order valence-electron chi connectivity index (χ2n) is 7.46. The predicted octanol–water partition coefficient (Wildman–Crippen LogP) is 2.06. The number of nitrogens with one attached hydrogen (secondary N) is 2. The smallest absolute Gasteiger partial charge is 0.359 e. The zero-order valence-electron chi connectivity index (χ0n) is 18.5. The van der Waals surface area contributed by atoms with Crippen LogP contribution in [-0.2, 0) is 14.3 Å². The summed E-state index contributed by atoms with van der Waals surface area (Å²) in [6, 6.07) is 14.1. The summed E-state index contributed by atoms with van der Waals surface area (Å²) in [6.07, 6.45) is 0. The van der Waals surface area contributed by atoms with Crippen molar-refractivity contribution in [3.8, 4) is 5.69 Å². The van der Waals surface area contributed by atoms with Gasteiger partial charge in [-0.15, -0.1) is 0 Å². The molecule has 1 unspecified atom stereocenters. The number of nitrogens with zero attached hydrogens (tertiary/aromatic N) is 2. The molecule has 10 heteroatoms. The largest absolute Gasteiger partial charge is 0.463 e. The summed E-state index contributed by atoms with van der Waals surface area (Å²) in [5.74, 6) is -1.45. The van der Waals surface area contributed by atoms with Crippen molar-refractivity contribution in [2.75, 3.05) is 13.2 Å². The van der Waals surface area contributed by atoms with E-state index in [9.17, 15) is 19.2 Å². The number of benzene rings is 2. The molecule has 0 aliphatic carbocycles. The molecule has 1 aliphatic rings. The first-order chi connectivity index (χ1) is 16.4. The van der Waals surface area contributed by atoms with Crippen molar-refractivity contribution >= 4 is 28.7 Å². The number of urea groups is 1. The Morgan fingerprint density at radius 1 is 0.971 bits per heavy atom. The summed E-state index contributed by atoms with van der Waals surface area (Å²) >= 11 is 0. The quantitative estimate of drug-likeness (QED) is 0.537. The Hall–Kier alpha value is -4.47. The number of esters is 2. The molecule has 0 radical (unpaired) electrons. The summed E-state index contributed by atoms with van der Waals surface area (Å²) < 4.78 is 11.6. The Labute approximate surface area is 194 Å². The normalized spacial score (nSPS) is 15.5. The highest BCUT2D eigenvalue weighted by atomic mass is 16.5. The lowest BCUT2D eigenvalue weighted by Gasteiger charge is -2.26. The second kappa shape index (κ2) is 9.57. The molecule has 0 saturated heterocycles. The molecule has 4 rings (SSSR count). The van der Waals surface area contributed by atoms with E-state index >= 15 is 0 Å². The first kappa shape index (κ1) is 22.7. The first-order valence-corrected chi connectivity index (χ1v) is 10.6. The summed E-state index contributed by atoms with van der Waals surface area (Å²) in [5.41, 5.74) is 0.292. The van der Waals surface area contributed by atoms with Crippen molar-refractivity contribution in [3.05, 3.63) is 81.9 Å². The van der Waals surface area contributed by atoms with E-state index in [-0.39, 0.29) is 29.1 Å². The summed E-state index contributed by atoms with van der Waals surface area (Å²) in [5, 5.41) is 9.97. The van der Waals surface area contributed by atoms with E-state index in [1.807, 2.05) is 0 Å². The van der Waals surface area contributed by atoms with Crippen molar-refractivity contribution in [2.45, 2.75) is 19.9 Å². The molecule has 34 heavy (non-hydrogen) atoms. The van der Waals surface area contributed by atoms with Gasteiger partial charge in [0.2, 0.25) is 0 Å². The highest BCUT2D eigenvalue weighted by Crippen LogP contribution is 2.18. The van der Waals surface area contributed by atoms with Gasteiger partial charge >= 0.3 is 18.0 Å². The van der Waals surface area contributed by atoms with Crippen LogP contribution in [0.15, 0.2) is 70.7 Å². The highest BCUT2D eigenvalue weighted by molar-refractivity contribution is 6.02. The summed E-state index contributed by atoms with van der Waals surface area (Å²) in [4.78, 5) is 50.4. The third-order valence-electron chi connectivity index (χ3n) is 5.21.